The molecule has 1 unspecified atom stereocenters. The Morgan fingerprint density at radius 3 is 2.76 bits per heavy atom. The molecule has 0 radical (unpaired) electrons. The third-order valence-electron chi connectivity index (χ3n) is 3.19. The van der Waals surface area contributed by atoms with Crippen LogP contribution in [0.1, 0.15) is 6.42 Å². The van der Waals surface area contributed by atoms with Crippen molar-refractivity contribution in [1.82, 2.24) is 9.55 Å². The number of carbonyl (C=O) groups excluding carboxylic acids is 1. The minimum absolute atomic E-state index is 0.0740. The summed E-state index contributed by atoms with van der Waals surface area (Å²) in [6, 6.07) is 7.46. The number of hydrogen-bond acceptors (Lipinski definition) is 6. The van der Waals surface area contributed by atoms with E-state index in [0.717, 1.165) is 23.5 Å². The molecule has 1 aromatic heterocycles. The van der Waals surface area contributed by atoms with Gasteiger partial charge in [0, 0.05) is 30.9 Å². The van der Waals surface area contributed by atoms with Crippen LogP contribution in [0.5, 0.6) is 0 Å². The fraction of sp³-hybridized carbons (Fsp3) is 0.286. The molecule has 21 heavy (non-hydrogen) atoms. The Morgan fingerprint density at radius 1 is 1.33 bits per heavy atom. The zero-order chi connectivity index (χ0) is 14.7. The number of anilines is 1. The van der Waals surface area contributed by atoms with E-state index in [1.165, 1.54) is 11.8 Å². The summed E-state index contributed by atoms with van der Waals surface area (Å²) in [4.78, 5) is 15.6. The molecule has 0 aliphatic carbocycles. The Balaban J connectivity index is 1.65. The molecule has 2 aromatic rings. The standard InChI is InChI=1S/C14H15N5OS/c1-19-8-7-15-14(19)18-17-11-4-2-10(3-5-11)16-12-6-9-21-13(12)20/h2-5,7-8,12,16H,6,9H2,1H3. The lowest BCUT2D eigenvalue weighted by molar-refractivity contribution is -0.111. The van der Waals surface area contributed by atoms with Gasteiger partial charge in [-0.3, -0.25) is 4.79 Å². The van der Waals surface area contributed by atoms with Crippen molar-refractivity contribution in [2.75, 3.05) is 11.1 Å². The maximum atomic E-state index is 11.6. The molecule has 108 valence electrons. The zero-order valence-electron chi connectivity index (χ0n) is 11.6. The fourth-order valence-corrected chi connectivity index (χ4v) is 2.94. The molecule has 1 atom stereocenters. The van der Waals surface area contributed by atoms with E-state index in [0.29, 0.717) is 5.95 Å². The number of thioether (sulfide) groups is 1. The van der Waals surface area contributed by atoms with Gasteiger partial charge in [-0.2, -0.15) is 0 Å². The van der Waals surface area contributed by atoms with Gasteiger partial charge in [-0.15, -0.1) is 10.2 Å². The molecule has 0 bridgehead atoms. The highest BCUT2D eigenvalue weighted by molar-refractivity contribution is 8.14. The Morgan fingerprint density at radius 2 is 2.14 bits per heavy atom. The minimum Gasteiger partial charge on any atom is -0.374 e. The van der Waals surface area contributed by atoms with Gasteiger partial charge in [-0.05, 0) is 30.7 Å². The van der Waals surface area contributed by atoms with Crippen molar-refractivity contribution in [2.45, 2.75) is 12.5 Å². The Bertz CT molecular complexity index is 664. The number of aryl methyl sites for hydroxylation is 1. The molecule has 1 aliphatic rings. The maximum Gasteiger partial charge on any atom is 0.249 e. The van der Waals surface area contributed by atoms with E-state index in [1.54, 1.807) is 10.8 Å². The molecule has 1 aliphatic heterocycles. The van der Waals surface area contributed by atoms with Crippen LogP contribution in [0, 0.1) is 0 Å². The van der Waals surface area contributed by atoms with E-state index in [4.69, 9.17) is 0 Å². The number of carbonyl (C=O) groups is 1. The Kier molecular flexibility index (Phi) is 4.01. The molecule has 2 heterocycles. The predicted octanol–water partition coefficient (Wildman–Crippen LogP) is 3.28. The predicted molar refractivity (Wildman–Crippen MR) is 83.3 cm³/mol. The van der Waals surface area contributed by atoms with Crippen LogP contribution in [0.25, 0.3) is 0 Å². The molecule has 0 saturated carbocycles. The first-order valence-corrected chi connectivity index (χ1v) is 7.63. The molecule has 6 nitrogen and oxygen atoms in total. The number of nitrogens with one attached hydrogen (secondary N) is 1. The van der Waals surface area contributed by atoms with Crippen LogP contribution in [-0.2, 0) is 11.8 Å². The lowest BCUT2D eigenvalue weighted by Crippen LogP contribution is -2.22. The van der Waals surface area contributed by atoms with Crippen molar-refractivity contribution in [2.24, 2.45) is 17.3 Å². The summed E-state index contributed by atoms with van der Waals surface area (Å²) in [7, 11) is 1.87. The van der Waals surface area contributed by atoms with Gasteiger partial charge in [0.05, 0.1) is 11.7 Å². The molecular formula is C14H15N5OS. The van der Waals surface area contributed by atoms with Gasteiger partial charge in [0.15, 0.2) is 0 Å². The SMILES string of the molecule is Cn1ccnc1N=Nc1ccc(NC2CCSC2=O)cc1. The maximum absolute atomic E-state index is 11.6. The summed E-state index contributed by atoms with van der Waals surface area (Å²) in [5.41, 5.74) is 1.67. The second kappa shape index (κ2) is 6.09. The average molecular weight is 301 g/mol. The summed E-state index contributed by atoms with van der Waals surface area (Å²) in [6.45, 7) is 0. The van der Waals surface area contributed by atoms with Gasteiger partial charge in [0.25, 0.3) is 0 Å². The van der Waals surface area contributed by atoms with Crippen molar-refractivity contribution < 1.29 is 4.79 Å². The van der Waals surface area contributed by atoms with Crippen molar-refractivity contribution in [3.05, 3.63) is 36.7 Å². The molecule has 1 N–H and O–H groups in total. The van der Waals surface area contributed by atoms with Crippen LogP contribution >= 0.6 is 11.8 Å². The van der Waals surface area contributed by atoms with Gasteiger partial charge >= 0.3 is 0 Å². The van der Waals surface area contributed by atoms with E-state index in [-0.39, 0.29) is 11.2 Å². The molecule has 1 fully saturated rings. The molecule has 7 heteroatoms. The topological polar surface area (TPSA) is 71.6 Å². The van der Waals surface area contributed by atoms with Crippen molar-refractivity contribution in [3.63, 3.8) is 0 Å². The highest BCUT2D eigenvalue weighted by atomic mass is 32.2. The quantitative estimate of drug-likeness (QED) is 0.880. The molecule has 1 aromatic carbocycles. The summed E-state index contributed by atoms with van der Waals surface area (Å²) < 4.78 is 1.79. The molecule has 0 amide bonds. The fourth-order valence-electron chi connectivity index (χ4n) is 2.01. The normalized spacial score (nSPS) is 18.5. The van der Waals surface area contributed by atoms with Gasteiger partial charge < -0.3 is 9.88 Å². The summed E-state index contributed by atoms with van der Waals surface area (Å²) in [6.07, 6.45) is 4.38. The Labute approximate surface area is 126 Å². The second-order valence-electron chi connectivity index (χ2n) is 4.74. The number of hydrogen-bond donors (Lipinski definition) is 1. The monoisotopic (exact) mass is 301 g/mol. The number of rotatable bonds is 4. The average Bonchev–Trinajstić information content (AvgIpc) is 3.08. The third kappa shape index (κ3) is 3.30. The Hall–Kier alpha value is -2.15. The second-order valence-corrected chi connectivity index (χ2v) is 5.84. The van der Waals surface area contributed by atoms with E-state index < -0.39 is 0 Å². The summed E-state index contributed by atoms with van der Waals surface area (Å²) >= 11 is 1.39. The summed E-state index contributed by atoms with van der Waals surface area (Å²) in [5.74, 6) is 1.46. The first kappa shape index (κ1) is 13.8. The minimum atomic E-state index is -0.0740. The molecular weight excluding hydrogens is 286 g/mol. The van der Waals surface area contributed by atoms with Gasteiger partial charge in [0.1, 0.15) is 0 Å². The largest absolute Gasteiger partial charge is 0.374 e. The van der Waals surface area contributed by atoms with E-state index in [9.17, 15) is 4.79 Å². The lowest BCUT2D eigenvalue weighted by atomic mass is 10.2. The number of benzene rings is 1. The van der Waals surface area contributed by atoms with Gasteiger partial charge in [0.2, 0.25) is 11.1 Å². The van der Waals surface area contributed by atoms with Crippen LogP contribution in [0.15, 0.2) is 46.9 Å². The smallest absolute Gasteiger partial charge is 0.249 e. The van der Waals surface area contributed by atoms with Crippen molar-refractivity contribution >= 4 is 34.2 Å². The molecule has 3 rings (SSSR count). The number of imidazole rings is 1. The van der Waals surface area contributed by atoms with E-state index in [1.807, 2.05) is 37.5 Å². The number of azo groups is 1. The first-order valence-electron chi connectivity index (χ1n) is 6.65. The molecule has 0 spiro atoms. The van der Waals surface area contributed by atoms with Crippen LogP contribution in [0.2, 0.25) is 0 Å². The van der Waals surface area contributed by atoms with Crippen LogP contribution < -0.4 is 5.32 Å². The van der Waals surface area contributed by atoms with Gasteiger partial charge in [-0.1, -0.05) is 11.8 Å². The summed E-state index contributed by atoms with van der Waals surface area (Å²) in [5, 5.41) is 11.7. The number of aromatic nitrogens is 2. The first-order chi connectivity index (χ1) is 10.2. The highest BCUT2D eigenvalue weighted by Crippen LogP contribution is 2.24. The van der Waals surface area contributed by atoms with Crippen LogP contribution in [-0.4, -0.2) is 26.5 Å². The van der Waals surface area contributed by atoms with Crippen molar-refractivity contribution in [1.29, 1.82) is 0 Å². The van der Waals surface area contributed by atoms with Crippen LogP contribution in [0.3, 0.4) is 0 Å². The zero-order valence-corrected chi connectivity index (χ0v) is 12.4. The van der Waals surface area contributed by atoms with Gasteiger partial charge in [-0.25, -0.2) is 4.98 Å². The number of nitrogens with zero attached hydrogens (tertiary/aromatic N) is 4. The third-order valence-corrected chi connectivity index (χ3v) is 4.20. The lowest BCUT2D eigenvalue weighted by Gasteiger charge is -2.11. The highest BCUT2D eigenvalue weighted by Gasteiger charge is 2.24. The van der Waals surface area contributed by atoms with Crippen molar-refractivity contribution in [3.8, 4) is 0 Å². The van der Waals surface area contributed by atoms with E-state index >= 15 is 0 Å². The van der Waals surface area contributed by atoms with Crippen LogP contribution in [0.4, 0.5) is 17.3 Å². The van der Waals surface area contributed by atoms with E-state index in [2.05, 4.69) is 20.5 Å². The molecule has 1 saturated heterocycles.